The summed E-state index contributed by atoms with van der Waals surface area (Å²) in [5, 5.41) is 3.31. The molecule has 1 aliphatic rings. The Morgan fingerprint density at radius 3 is 2.50 bits per heavy atom. The van der Waals surface area contributed by atoms with Crippen LogP contribution < -0.4 is 5.32 Å². The number of hydrogen-bond acceptors (Lipinski definition) is 3. The number of nitrogens with zero attached hydrogens (tertiary/aromatic N) is 3. The van der Waals surface area contributed by atoms with E-state index < -0.39 is 10.0 Å². The number of nitrogens with one attached hydrogen (secondary N) is 1. The fourth-order valence-electron chi connectivity index (χ4n) is 2.83. The third-order valence-corrected chi connectivity index (χ3v) is 6.38. The van der Waals surface area contributed by atoms with Gasteiger partial charge < -0.3 is 10.2 Å². The zero-order valence-electron chi connectivity index (χ0n) is 15.0. The average Bonchev–Trinajstić information content (AvgIpc) is 2.57. The highest BCUT2D eigenvalue weighted by molar-refractivity contribution is 7.89. The number of benzene rings is 1. The van der Waals surface area contributed by atoms with Crippen molar-refractivity contribution in [3.05, 3.63) is 29.8 Å². The van der Waals surface area contributed by atoms with Gasteiger partial charge in [-0.25, -0.2) is 12.7 Å². The van der Waals surface area contributed by atoms with Gasteiger partial charge in [-0.3, -0.25) is 4.99 Å². The third-order valence-electron chi connectivity index (χ3n) is 4.46. The van der Waals surface area contributed by atoms with Crippen molar-refractivity contribution in [3.63, 3.8) is 0 Å². The van der Waals surface area contributed by atoms with Gasteiger partial charge in [-0.1, -0.05) is 25.1 Å². The number of aliphatic imine (C=N–C) groups is 1. The highest BCUT2D eigenvalue weighted by atomic mass is 32.2. The highest BCUT2D eigenvalue weighted by Crippen LogP contribution is 2.19. The lowest BCUT2D eigenvalue weighted by atomic mass is 10.00. The summed E-state index contributed by atoms with van der Waals surface area (Å²) in [4.78, 5) is 6.93. The molecular weight excluding hydrogens is 324 g/mol. The van der Waals surface area contributed by atoms with E-state index in [4.69, 9.17) is 0 Å². The zero-order chi connectivity index (χ0) is 17.7. The van der Waals surface area contributed by atoms with Crippen molar-refractivity contribution in [1.82, 2.24) is 14.5 Å². The first-order valence-electron chi connectivity index (χ1n) is 8.32. The minimum atomic E-state index is -3.45. The number of guanidine groups is 1. The Bertz CT molecular complexity index is 678. The van der Waals surface area contributed by atoms with E-state index in [0.29, 0.717) is 11.4 Å². The van der Waals surface area contributed by atoms with Crippen LogP contribution in [0.1, 0.15) is 25.3 Å². The molecule has 0 spiro atoms. The second-order valence-electron chi connectivity index (χ2n) is 6.47. The second-order valence-corrected chi connectivity index (χ2v) is 8.59. The van der Waals surface area contributed by atoms with Crippen molar-refractivity contribution in [2.24, 2.45) is 10.9 Å². The largest absolute Gasteiger partial charge is 0.352 e. The molecule has 1 aliphatic heterocycles. The molecule has 1 saturated heterocycles. The Labute approximate surface area is 145 Å². The van der Waals surface area contributed by atoms with E-state index in [2.05, 4.69) is 22.1 Å². The SMILES string of the molecule is CN=C(NCc1ccccc1S(=O)(=O)N(C)C)N1CCC(C)CC1. The van der Waals surface area contributed by atoms with Gasteiger partial charge in [0.15, 0.2) is 5.96 Å². The Hall–Kier alpha value is -1.60. The average molecular weight is 353 g/mol. The van der Waals surface area contributed by atoms with Crippen LogP contribution in [-0.4, -0.2) is 57.8 Å². The molecule has 0 saturated carbocycles. The maximum atomic E-state index is 12.5. The van der Waals surface area contributed by atoms with Gasteiger partial charge in [0.25, 0.3) is 0 Å². The van der Waals surface area contributed by atoms with Crippen LogP contribution >= 0.6 is 0 Å². The predicted molar refractivity (Wildman–Crippen MR) is 97.5 cm³/mol. The Morgan fingerprint density at radius 1 is 1.29 bits per heavy atom. The molecule has 24 heavy (non-hydrogen) atoms. The van der Waals surface area contributed by atoms with Crippen LogP contribution in [0.2, 0.25) is 0 Å². The van der Waals surface area contributed by atoms with E-state index in [0.717, 1.165) is 43.4 Å². The number of likely N-dealkylation sites (tertiary alicyclic amines) is 1. The minimum Gasteiger partial charge on any atom is -0.352 e. The number of piperidine rings is 1. The summed E-state index contributed by atoms with van der Waals surface area (Å²) in [6.45, 7) is 4.68. The number of rotatable bonds is 4. The summed E-state index contributed by atoms with van der Waals surface area (Å²) < 4.78 is 26.2. The maximum Gasteiger partial charge on any atom is 0.242 e. The fourth-order valence-corrected chi connectivity index (χ4v) is 3.94. The normalized spacial score (nSPS) is 17.4. The van der Waals surface area contributed by atoms with Crippen LogP contribution in [0.25, 0.3) is 0 Å². The standard InChI is InChI=1S/C17H28N4O2S/c1-14-9-11-21(12-10-14)17(18-2)19-13-15-7-5-6-8-16(15)24(22,23)20(3)4/h5-8,14H,9-13H2,1-4H3,(H,18,19). The fraction of sp³-hybridized carbons (Fsp3) is 0.588. The van der Waals surface area contributed by atoms with Gasteiger partial charge in [-0.05, 0) is 30.4 Å². The Kier molecular flexibility index (Phi) is 6.23. The van der Waals surface area contributed by atoms with E-state index in [9.17, 15) is 8.42 Å². The van der Waals surface area contributed by atoms with Gasteiger partial charge in [-0.2, -0.15) is 0 Å². The maximum absolute atomic E-state index is 12.5. The first-order valence-corrected chi connectivity index (χ1v) is 9.76. The molecule has 1 aromatic carbocycles. The van der Waals surface area contributed by atoms with Crippen LogP contribution in [0.5, 0.6) is 0 Å². The molecule has 0 atom stereocenters. The van der Waals surface area contributed by atoms with Gasteiger partial charge in [0.2, 0.25) is 10.0 Å². The molecule has 0 amide bonds. The number of sulfonamides is 1. The Morgan fingerprint density at radius 2 is 1.92 bits per heavy atom. The molecule has 1 fully saturated rings. The number of hydrogen-bond donors (Lipinski definition) is 1. The van der Waals surface area contributed by atoms with Crippen molar-refractivity contribution < 1.29 is 8.42 Å². The van der Waals surface area contributed by atoms with Crippen LogP contribution in [0.3, 0.4) is 0 Å². The zero-order valence-corrected chi connectivity index (χ0v) is 15.8. The lowest BCUT2D eigenvalue weighted by molar-refractivity contribution is 0.273. The van der Waals surface area contributed by atoms with Crippen LogP contribution in [-0.2, 0) is 16.6 Å². The van der Waals surface area contributed by atoms with Gasteiger partial charge in [0, 0.05) is 40.8 Å². The first kappa shape index (κ1) is 18.7. The molecule has 6 nitrogen and oxygen atoms in total. The quantitative estimate of drug-likeness (QED) is 0.662. The molecule has 1 N–H and O–H groups in total. The minimum absolute atomic E-state index is 0.338. The Balaban J connectivity index is 2.12. The van der Waals surface area contributed by atoms with Crippen molar-refractivity contribution in [3.8, 4) is 0 Å². The molecule has 0 unspecified atom stereocenters. The molecule has 0 radical (unpaired) electrons. The van der Waals surface area contributed by atoms with E-state index in [1.807, 2.05) is 12.1 Å². The first-order chi connectivity index (χ1) is 11.4. The van der Waals surface area contributed by atoms with E-state index in [1.165, 1.54) is 4.31 Å². The summed E-state index contributed by atoms with van der Waals surface area (Å²) in [6, 6.07) is 7.10. The molecule has 0 aromatic heterocycles. The molecule has 2 rings (SSSR count). The predicted octanol–water partition coefficient (Wildman–Crippen LogP) is 1.74. The van der Waals surface area contributed by atoms with Gasteiger partial charge in [-0.15, -0.1) is 0 Å². The van der Waals surface area contributed by atoms with Gasteiger partial charge in [0.1, 0.15) is 0 Å². The molecule has 1 heterocycles. The molecular formula is C17H28N4O2S. The topological polar surface area (TPSA) is 65.0 Å². The second kappa shape index (κ2) is 7.98. The van der Waals surface area contributed by atoms with Gasteiger partial charge in [0.05, 0.1) is 4.90 Å². The smallest absolute Gasteiger partial charge is 0.242 e. The van der Waals surface area contributed by atoms with Crippen molar-refractivity contribution in [2.45, 2.75) is 31.2 Å². The summed E-state index contributed by atoms with van der Waals surface area (Å²) in [6.07, 6.45) is 2.32. The van der Waals surface area contributed by atoms with Crippen molar-refractivity contribution in [1.29, 1.82) is 0 Å². The summed E-state index contributed by atoms with van der Waals surface area (Å²) in [7, 11) is 1.41. The molecule has 134 valence electrons. The third kappa shape index (κ3) is 4.27. The van der Waals surface area contributed by atoms with E-state index >= 15 is 0 Å². The van der Waals surface area contributed by atoms with Crippen molar-refractivity contribution in [2.75, 3.05) is 34.2 Å². The molecule has 0 aliphatic carbocycles. The monoisotopic (exact) mass is 352 g/mol. The van der Waals surface area contributed by atoms with Crippen LogP contribution in [0.4, 0.5) is 0 Å². The van der Waals surface area contributed by atoms with Crippen molar-refractivity contribution >= 4 is 16.0 Å². The summed E-state index contributed by atoms with van der Waals surface area (Å²) in [5.74, 6) is 1.59. The molecule has 7 heteroatoms. The molecule has 1 aromatic rings. The van der Waals surface area contributed by atoms with Crippen LogP contribution in [0, 0.1) is 5.92 Å². The lowest BCUT2D eigenvalue weighted by Crippen LogP contribution is -2.45. The lowest BCUT2D eigenvalue weighted by Gasteiger charge is -2.33. The highest BCUT2D eigenvalue weighted by Gasteiger charge is 2.22. The van der Waals surface area contributed by atoms with Crippen LogP contribution in [0.15, 0.2) is 34.2 Å². The van der Waals surface area contributed by atoms with Gasteiger partial charge >= 0.3 is 0 Å². The van der Waals surface area contributed by atoms with E-state index in [-0.39, 0.29) is 0 Å². The van der Waals surface area contributed by atoms with E-state index in [1.54, 1.807) is 33.3 Å². The summed E-state index contributed by atoms with van der Waals surface area (Å²) in [5.41, 5.74) is 0.748. The summed E-state index contributed by atoms with van der Waals surface area (Å²) >= 11 is 0. The molecule has 0 bridgehead atoms.